The molecule has 2 aliphatic heterocycles. The van der Waals surface area contributed by atoms with Gasteiger partial charge in [-0.3, -0.25) is 0 Å². The highest BCUT2D eigenvalue weighted by Crippen LogP contribution is 2.44. The summed E-state index contributed by atoms with van der Waals surface area (Å²) in [5.74, 6) is 1.22. The molecule has 0 aromatic heterocycles. The molecule has 0 amide bonds. The summed E-state index contributed by atoms with van der Waals surface area (Å²) in [4.78, 5) is 0. The van der Waals surface area contributed by atoms with Gasteiger partial charge in [0.15, 0.2) is 0 Å². The molecule has 3 fully saturated rings. The summed E-state index contributed by atoms with van der Waals surface area (Å²) in [5, 5.41) is 0. The molecule has 4 unspecified atom stereocenters. The second-order valence-electron chi connectivity index (χ2n) is 6.84. The van der Waals surface area contributed by atoms with Crippen molar-refractivity contribution in [2.45, 2.75) is 76.0 Å². The van der Waals surface area contributed by atoms with Crippen LogP contribution in [0.2, 0.25) is 0 Å². The third kappa shape index (κ3) is 2.70. The molecule has 1 aliphatic carbocycles. The average molecular weight is 267 g/mol. The Morgan fingerprint density at radius 1 is 1.21 bits per heavy atom. The van der Waals surface area contributed by atoms with Crippen molar-refractivity contribution in [2.24, 2.45) is 17.6 Å². The van der Waals surface area contributed by atoms with Crippen molar-refractivity contribution in [2.75, 3.05) is 13.2 Å². The molecule has 3 rings (SSSR count). The van der Waals surface area contributed by atoms with E-state index < -0.39 is 0 Å². The molecule has 2 heterocycles. The first-order chi connectivity index (χ1) is 9.24. The van der Waals surface area contributed by atoms with Crippen LogP contribution in [0.1, 0.15) is 58.3 Å². The van der Waals surface area contributed by atoms with Crippen LogP contribution in [0.4, 0.5) is 0 Å². The molecule has 110 valence electrons. The maximum Gasteiger partial charge on any atom is 0.0685 e. The lowest BCUT2D eigenvalue weighted by atomic mass is 9.75. The van der Waals surface area contributed by atoms with E-state index in [-0.39, 0.29) is 5.60 Å². The van der Waals surface area contributed by atoms with E-state index in [0.717, 1.165) is 32.5 Å². The summed E-state index contributed by atoms with van der Waals surface area (Å²) in [6, 6.07) is 0.314. The predicted molar refractivity (Wildman–Crippen MR) is 76.0 cm³/mol. The highest BCUT2D eigenvalue weighted by Gasteiger charge is 2.44. The van der Waals surface area contributed by atoms with E-state index in [1.54, 1.807) is 0 Å². The largest absolute Gasteiger partial charge is 0.378 e. The summed E-state index contributed by atoms with van der Waals surface area (Å²) in [5.41, 5.74) is 6.83. The lowest BCUT2D eigenvalue weighted by molar-refractivity contribution is -0.100. The predicted octanol–water partition coefficient (Wildman–Crippen LogP) is 2.87. The van der Waals surface area contributed by atoms with Crippen LogP contribution in [-0.4, -0.2) is 31.0 Å². The van der Waals surface area contributed by atoms with E-state index in [0.29, 0.717) is 24.0 Å². The van der Waals surface area contributed by atoms with E-state index in [1.807, 2.05) is 0 Å². The van der Waals surface area contributed by atoms with Gasteiger partial charge < -0.3 is 15.2 Å². The average Bonchev–Trinajstić information content (AvgIpc) is 3.07. The zero-order chi connectivity index (χ0) is 13.3. The molecule has 0 aromatic rings. The maximum atomic E-state index is 6.64. The van der Waals surface area contributed by atoms with E-state index >= 15 is 0 Å². The van der Waals surface area contributed by atoms with Crippen LogP contribution in [-0.2, 0) is 9.47 Å². The molecule has 3 nitrogen and oxygen atoms in total. The SMILES string of the molecule is CCC1OCCC1C(N)C1CCOC2(CCCC2)C1. The quantitative estimate of drug-likeness (QED) is 0.855. The first-order valence-corrected chi connectivity index (χ1v) is 8.25. The fourth-order valence-corrected chi connectivity index (χ4v) is 4.64. The number of nitrogens with two attached hydrogens (primary N) is 1. The second kappa shape index (κ2) is 5.71. The Labute approximate surface area is 117 Å². The molecule has 19 heavy (non-hydrogen) atoms. The highest BCUT2D eigenvalue weighted by atomic mass is 16.5. The summed E-state index contributed by atoms with van der Waals surface area (Å²) in [6.45, 7) is 4.05. The minimum Gasteiger partial charge on any atom is -0.378 e. The number of rotatable bonds is 3. The highest BCUT2D eigenvalue weighted by molar-refractivity contribution is 4.96. The van der Waals surface area contributed by atoms with Gasteiger partial charge in [-0.15, -0.1) is 0 Å². The Morgan fingerprint density at radius 3 is 2.74 bits per heavy atom. The third-order valence-electron chi connectivity index (χ3n) is 5.75. The maximum absolute atomic E-state index is 6.64. The van der Waals surface area contributed by atoms with Crippen LogP contribution in [0.15, 0.2) is 0 Å². The molecule has 2 N–H and O–H groups in total. The molecule has 0 aromatic carbocycles. The van der Waals surface area contributed by atoms with Gasteiger partial charge in [0, 0.05) is 25.2 Å². The standard InChI is InChI=1S/C16H29NO2/c1-2-14-13(6-9-18-14)15(17)12-5-10-19-16(11-12)7-3-4-8-16/h12-15H,2-11,17H2,1H3. The van der Waals surface area contributed by atoms with E-state index in [9.17, 15) is 0 Å². The fourth-order valence-electron chi connectivity index (χ4n) is 4.64. The van der Waals surface area contributed by atoms with E-state index in [4.69, 9.17) is 15.2 Å². The van der Waals surface area contributed by atoms with Crippen LogP contribution in [0.3, 0.4) is 0 Å². The van der Waals surface area contributed by atoms with E-state index in [1.165, 1.54) is 32.1 Å². The topological polar surface area (TPSA) is 44.5 Å². The van der Waals surface area contributed by atoms with Gasteiger partial charge in [0.05, 0.1) is 11.7 Å². The summed E-state index contributed by atoms with van der Waals surface area (Å²) < 4.78 is 12.0. The smallest absolute Gasteiger partial charge is 0.0685 e. The van der Waals surface area contributed by atoms with Gasteiger partial charge in [-0.2, -0.15) is 0 Å². The molecule has 4 atom stereocenters. The number of hydrogen-bond acceptors (Lipinski definition) is 3. The Kier molecular flexibility index (Phi) is 4.16. The number of ether oxygens (including phenoxy) is 2. The Balaban J connectivity index is 1.64. The Hall–Kier alpha value is -0.120. The molecule has 0 bridgehead atoms. The molecular formula is C16H29NO2. The molecule has 3 aliphatic rings. The third-order valence-corrected chi connectivity index (χ3v) is 5.75. The monoisotopic (exact) mass is 267 g/mol. The van der Waals surface area contributed by atoms with Gasteiger partial charge in [0.1, 0.15) is 0 Å². The molecular weight excluding hydrogens is 238 g/mol. The molecule has 1 spiro atoms. The van der Waals surface area contributed by atoms with Gasteiger partial charge in [0.2, 0.25) is 0 Å². The van der Waals surface area contributed by atoms with Gasteiger partial charge in [0.25, 0.3) is 0 Å². The van der Waals surface area contributed by atoms with Gasteiger partial charge >= 0.3 is 0 Å². The van der Waals surface area contributed by atoms with Crippen LogP contribution in [0.25, 0.3) is 0 Å². The lowest BCUT2D eigenvalue weighted by Gasteiger charge is -2.42. The van der Waals surface area contributed by atoms with Crippen molar-refractivity contribution in [1.82, 2.24) is 0 Å². The fraction of sp³-hybridized carbons (Fsp3) is 1.00. The normalized spacial score (nSPS) is 39.8. The first kappa shape index (κ1) is 13.8. The van der Waals surface area contributed by atoms with Gasteiger partial charge in [-0.05, 0) is 44.4 Å². The summed E-state index contributed by atoms with van der Waals surface area (Å²) in [7, 11) is 0. The second-order valence-corrected chi connectivity index (χ2v) is 6.84. The molecule has 0 radical (unpaired) electrons. The first-order valence-electron chi connectivity index (χ1n) is 8.25. The minimum atomic E-state index is 0.196. The zero-order valence-electron chi connectivity index (χ0n) is 12.3. The Bertz CT molecular complexity index is 301. The van der Waals surface area contributed by atoms with Crippen molar-refractivity contribution in [3.05, 3.63) is 0 Å². The van der Waals surface area contributed by atoms with Crippen molar-refractivity contribution in [3.8, 4) is 0 Å². The van der Waals surface area contributed by atoms with Gasteiger partial charge in [-0.25, -0.2) is 0 Å². The zero-order valence-corrected chi connectivity index (χ0v) is 12.3. The summed E-state index contributed by atoms with van der Waals surface area (Å²) >= 11 is 0. The molecule has 2 saturated heterocycles. The lowest BCUT2D eigenvalue weighted by Crippen LogP contribution is -2.48. The molecule has 1 saturated carbocycles. The van der Waals surface area contributed by atoms with Crippen LogP contribution < -0.4 is 5.73 Å². The molecule has 3 heteroatoms. The van der Waals surface area contributed by atoms with Gasteiger partial charge in [-0.1, -0.05) is 19.8 Å². The Morgan fingerprint density at radius 2 is 2.00 bits per heavy atom. The van der Waals surface area contributed by atoms with Crippen molar-refractivity contribution < 1.29 is 9.47 Å². The van der Waals surface area contributed by atoms with Crippen molar-refractivity contribution in [3.63, 3.8) is 0 Å². The minimum absolute atomic E-state index is 0.196. The van der Waals surface area contributed by atoms with Crippen molar-refractivity contribution in [1.29, 1.82) is 0 Å². The van der Waals surface area contributed by atoms with E-state index in [2.05, 4.69) is 6.92 Å². The van der Waals surface area contributed by atoms with Crippen molar-refractivity contribution >= 4 is 0 Å². The van der Waals surface area contributed by atoms with Crippen LogP contribution in [0.5, 0.6) is 0 Å². The number of hydrogen-bond donors (Lipinski definition) is 1. The van der Waals surface area contributed by atoms with Crippen LogP contribution >= 0.6 is 0 Å². The summed E-state index contributed by atoms with van der Waals surface area (Å²) in [6.07, 6.45) is 10.2. The van der Waals surface area contributed by atoms with Crippen LogP contribution in [0, 0.1) is 11.8 Å².